The molecule has 0 aliphatic heterocycles. The van der Waals surface area contributed by atoms with Crippen LogP contribution in [0.3, 0.4) is 0 Å². The van der Waals surface area contributed by atoms with Gasteiger partial charge >= 0.3 is 11.8 Å². The van der Waals surface area contributed by atoms with Gasteiger partial charge in [-0.1, -0.05) is 23.2 Å². The number of carbonyl (C=O) groups excluding carboxylic acids is 2. The molecule has 0 radical (unpaired) electrons. The Labute approximate surface area is 196 Å². The first kappa shape index (κ1) is 23.4. The van der Waals surface area contributed by atoms with Crippen molar-refractivity contribution in [3.8, 4) is 11.4 Å². The van der Waals surface area contributed by atoms with Gasteiger partial charge in [-0.2, -0.15) is 5.10 Å². The molecule has 0 spiro atoms. The molecule has 0 aliphatic rings. The van der Waals surface area contributed by atoms with Gasteiger partial charge in [-0.3, -0.25) is 9.59 Å². The van der Waals surface area contributed by atoms with E-state index < -0.39 is 11.8 Å². The lowest BCUT2D eigenvalue weighted by molar-refractivity contribution is -0.136. The average molecular weight is 473 g/mol. The van der Waals surface area contributed by atoms with E-state index in [0.29, 0.717) is 17.3 Å². The molecular formula is C23H22Cl2N4O3. The van der Waals surface area contributed by atoms with Gasteiger partial charge in [-0.15, -0.1) is 0 Å². The second-order valence-corrected chi connectivity index (χ2v) is 7.69. The molecule has 0 unspecified atom stereocenters. The summed E-state index contributed by atoms with van der Waals surface area (Å²) in [5.41, 5.74) is 6.30. The maximum Gasteiger partial charge on any atom is 0.329 e. The van der Waals surface area contributed by atoms with Crippen LogP contribution in [0.5, 0.6) is 5.75 Å². The van der Waals surface area contributed by atoms with Gasteiger partial charge in [0.2, 0.25) is 0 Å². The van der Waals surface area contributed by atoms with Gasteiger partial charge in [0.25, 0.3) is 0 Å². The van der Waals surface area contributed by atoms with Gasteiger partial charge < -0.3 is 14.6 Å². The molecule has 9 heteroatoms. The van der Waals surface area contributed by atoms with Crippen molar-refractivity contribution in [2.24, 2.45) is 5.10 Å². The molecule has 0 bridgehead atoms. The van der Waals surface area contributed by atoms with Crippen molar-refractivity contribution in [3.05, 3.63) is 75.5 Å². The maximum absolute atomic E-state index is 12.0. The fraction of sp³-hybridized carbons (Fsp3) is 0.174. The number of amides is 2. The fourth-order valence-electron chi connectivity index (χ4n) is 3.15. The Morgan fingerprint density at radius 1 is 1.03 bits per heavy atom. The highest BCUT2D eigenvalue weighted by molar-refractivity contribution is 6.42. The Bertz CT molecular complexity index is 1170. The number of carbonyl (C=O) groups is 2. The van der Waals surface area contributed by atoms with Crippen LogP contribution in [0.4, 0.5) is 5.69 Å². The van der Waals surface area contributed by atoms with Crippen molar-refractivity contribution in [1.82, 2.24) is 9.99 Å². The van der Waals surface area contributed by atoms with Crippen LogP contribution in [0.2, 0.25) is 10.0 Å². The number of aryl methyl sites for hydroxylation is 1. The second kappa shape index (κ2) is 10.3. The van der Waals surface area contributed by atoms with Gasteiger partial charge in [-0.05, 0) is 69.3 Å². The molecule has 0 aliphatic carbocycles. The highest BCUT2D eigenvalue weighted by atomic mass is 35.5. The van der Waals surface area contributed by atoms with E-state index in [-0.39, 0.29) is 5.02 Å². The number of anilines is 1. The summed E-state index contributed by atoms with van der Waals surface area (Å²) in [5, 5.41) is 6.97. The molecule has 166 valence electrons. The number of hydrogen-bond donors (Lipinski definition) is 2. The summed E-state index contributed by atoms with van der Waals surface area (Å²) in [5.74, 6) is -0.976. The molecule has 0 fully saturated rings. The number of ether oxygens (including phenoxy) is 1. The van der Waals surface area contributed by atoms with E-state index in [9.17, 15) is 9.59 Å². The molecule has 0 atom stereocenters. The highest BCUT2D eigenvalue weighted by Crippen LogP contribution is 2.25. The molecule has 3 rings (SSSR count). The third-order valence-electron chi connectivity index (χ3n) is 4.63. The first-order valence-electron chi connectivity index (χ1n) is 9.81. The smallest absolute Gasteiger partial charge is 0.329 e. The number of hydrogen-bond acceptors (Lipinski definition) is 4. The monoisotopic (exact) mass is 472 g/mol. The van der Waals surface area contributed by atoms with Gasteiger partial charge in [0.1, 0.15) is 5.75 Å². The highest BCUT2D eigenvalue weighted by Gasteiger charge is 2.14. The molecule has 2 N–H and O–H groups in total. The standard InChI is InChI=1S/C23H22Cl2N4O3/c1-4-32-19-8-6-18(7-9-19)29-14(2)11-16(15(29)3)13-26-28-23(31)22(30)27-17-5-10-20(24)21(25)12-17/h5-13H,4H2,1-3H3,(H,27,30)(H,28,31)/b26-13-. The second-order valence-electron chi connectivity index (χ2n) is 6.87. The Hall–Kier alpha value is -3.29. The van der Waals surface area contributed by atoms with Crippen molar-refractivity contribution in [3.63, 3.8) is 0 Å². The lowest BCUT2D eigenvalue weighted by Gasteiger charge is -2.10. The SMILES string of the molecule is CCOc1ccc(-n2c(C)cc(/C=N\NC(=O)C(=O)Nc3ccc(Cl)c(Cl)c3)c2C)cc1. The first-order valence-corrected chi connectivity index (χ1v) is 10.6. The van der Waals surface area contributed by atoms with Gasteiger partial charge in [0.15, 0.2) is 0 Å². The van der Waals surface area contributed by atoms with Crippen LogP contribution in [0, 0.1) is 13.8 Å². The van der Waals surface area contributed by atoms with Crippen LogP contribution in [0.15, 0.2) is 53.6 Å². The first-order chi connectivity index (χ1) is 15.3. The van der Waals surface area contributed by atoms with Crippen molar-refractivity contribution in [2.75, 3.05) is 11.9 Å². The van der Waals surface area contributed by atoms with Crippen molar-refractivity contribution >= 4 is 46.9 Å². The third-order valence-corrected chi connectivity index (χ3v) is 5.37. The Morgan fingerprint density at radius 2 is 1.75 bits per heavy atom. The predicted octanol–water partition coefficient (Wildman–Crippen LogP) is 4.89. The molecule has 3 aromatic rings. The van der Waals surface area contributed by atoms with E-state index >= 15 is 0 Å². The Morgan fingerprint density at radius 3 is 2.41 bits per heavy atom. The van der Waals surface area contributed by atoms with Gasteiger partial charge in [-0.25, -0.2) is 5.43 Å². The molecular weight excluding hydrogens is 451 g/mol. The number of nitrogens with one attached hydrogen (secondary N) is 2. The lowest BCUT2D eigenvalue weighted by atomic mass is 10.2. The minimum Gasteiger partial charge on any atom is -0.494 e. The Balaban J connectivity index is 1.66. The van der Waals surface area contributed by atoms with E-state index in [1.165, 1.54) is 18.3 Å². The van der Waals surface area contributed by atoms with E-state index in [4.69, 9.17) is 27.9 Å². The number of aromatic nitrogens is 1. The van der Waals surface area contributed by atoms with Crippen LogP contribution in [0.1, 0.15) is 23.9 Å². The number of halogens is 2. The predicted molar refractivity (Wildman–Crippen MR) is 127 cm³/mol. The van der Waals surface area contributed by atoms with E-state index in [2.05, 4.69) is 20.4 Å². The topological polar surface area (TPSA) is 84.7 Å². The zero-order valence-electron chi connectivity index (χ0n) is 17.8. The van der Waals surface area contributed by atoms with Crippen LogP contribution in [-0.4, -0.2) is 29.2 Å². The molecule has 0 saturated heterocycles. The molecule has 32 heavy (non-hydrogen) atoms. The fourth-order valence-corrected chi connectivity index (χ4v) is 3.44. The van der Waals surface area contributed by atoms with Crippen LogP contribution in [0.25, 0.3) is 5.69 Å². The summed E-state index contributed by atoms with van der Waals surface area (Å²) in [6.07, 6.45) is 1.50. The number of hydrazone groups is 1. The summed E-state index contributed by atoms with van der Waals surface area (Å²) >= 11 is 11.7. The molecule has 7 nitrogen and oxygen atoms in total. The zero-order chi connectivity index (χ0) is 23.3. The van der Waals surface area contributed by atoms with Crippen molar-refractivity contribution in [2.45, 2.75) is 20.8 Å². The van der Waals surface area contributed by atoms with Gasteiger partial charge in [0.05, 0.1) is 22.9 Å². The lowest BCUT2D eigenvalue weighted by Crippen LogP contribution is -2.32. The normalized spacial score (nSPS) is 10.9. The molecule has 2 amide bonds. The molecule has 0 saturated carbocycles. The molecule has 2 aromatic carbocycles. The molecule has 1 aromatic heterocycles. The maximum atomic E-state index is 12.0. The van der Waals surface area contributed by atoms with E-state index in [1.807, 2.05) is 51.1 Å². The summed E-state index contributed by atoms with van der Waals surface area (Å²) in [6, 6.07) is 14.2. The Kier molecular flexibility index (Phi) is 7.56. The average Bonchev–Trinajstić information content (AvgIpc) is 3.04. The zero-order valence-corrected chi connectivity index (χ0v) is 19.3. The summed E-state index contributed by atoms with van der Waals surface area (Å²) < 4.78 is 7.56. The van der Waals surface area contributed by atoms with Crippen LogP contribution >= 0.6 is 23.2 Å². The summed E-state index contributed by atoms with van der Waals surface area (Å²) in [6.45, 7) is 6.47. The number of rotatable bonds is 6. The van der Waals surface area contributed by atoms with E-state index in [0.717, 1.165) is 28.4 Å². The van der Waals surface area contributed by atoms with E-state index in [1.54, 1.807) is 6.07 Å². The van der Waals surface area contributed by atoms with Crippen LogP contribution < -0.4 is 15.5 Å². The van der Waals surface area contributed by atoms with Crippen molar-refractivity contribution < 1.29 is 14.3 Å². The largest absolute Gasteiger partial charge is 0.494 e. The summed E-state index contributed by atoms with van der Waals surface area (Å²) in [7, 11) is 0. The molecule has 1 heterocycles. The van der Waals surface area contributed by atoms with Gasteiger partial charge in [0, 0.05) is 28.3 Å². The summed E-state index contributed by atoms with van der Waals surface area (Å²) in [4.78, 5) is 24.1. The minimum atomic E-state index is -0.910. The number of benzene rings is 2. The quantitative estimate of drug-likeness (QED) is 0.304. The number of nitrogens with zero attached hydrogens (tertiary/aromatic N) is 2. The van der Waals surface area contributed by atoms with Crippen LogP contribution in [-0.2, 0) is 9.59 Å². The minimum absolute atomic E-state index is 0.269. The third kappa shape index (κ3) is 5.49. The van der Waals surface area contributed by atoms with Crippen molar-refractivity contribution in [1.29, 1.82) is 0 Å².